The third-order valence-corrected chi connectivity index (χ3v) is 2.56. The molecule has 5 heteroatoms. The normalized spacial score (nSPS) is 15.4. The number of nitrogens with one attached hydrogen (secondary N) is 1. The van der Waals surface area contributed by atoms with Crippen LogP contribution in [0.15, 0.2) is 18.2 Å². The number of benzene rings is 1. The highest BCUT2D eigenvalue weighted by Crippen LogP contribution is 2.21. The molecular formula is C11H12N4O. The number of hydrogen-bond donors (Lipinski definition) is 2. The number of hydrogen-bond acceptors (Lipinski definition) is 4. The van der Waals surface area contributed by atoms with Crippen LogP contribution in [0.25, 0.3) is 0 Å². The van der Waals surface area contributed by atoms with Crippen LogP contribution in [-0.2, 0) is 4.79 Å². The molecule has 0 aromatic heterocycles. The van der Waals surface area contributed by atoms with Crippen molar-refractivity contribution in [2.24, 2.45) is 0 Å². The van der Waals surface area contributed by atoms with E-state index in [1.165, 1.54) is 0 Å². The molecule has 16 heavy (non-hydrogen) atoms. The second-order valence-corrected chi connectivity index (χ2v) is 3.65. The third-order valence-electron chi connectivity index (χ3n) is 2.56. The van der Waals surface area contributed by atoms with Crippen LogP contribution < -0.4 is 16.0 Å². The summed E-state index contributed by atoms with van der Waals surface area (Å²) in [4.78, 5) is 13.2. The average molecular weight is 216 g/mol. The lowest BCUT2D eigenvalue weighted by atomic mass is 10.1. The molecule has 5 nitrogen and oxygen atoms in total. The maximum absolute atomic E-state index is 11.2. The summed E-state index contributed by atoms with van der Waals surface area (Å²) in [7, 11) is 0. The van der Waals surface area contributed by atoms with Crippen molar-refractivity contribution in [2.45, 2.75) is 0 Å². The van der Waals surface area contributed by atoms with Crippen molar-refractivity contribution in [1.29, 1.82) is 5.26 Å². The Hall–Kier alpha value is -2.22. The quantitative estimate of drug-likeness (QED) is 0.651. The van der Waals surface area contributed by atoms with Gasteiger partial charge in [0.1, 0.15) is 6.07 Å². The second-order valence-electron chi connectivity index (χ2n) is 3.65. The fourth-order valence-corrected chi connectivity index (χ4v) is 1.71. The second kappa shape index (κ2) is 4.11. The van der Waals surface area contributed by atoms with Crippen LogP contribution in [0.4, 0.5) is 11.4 Å². The average Bonchev–Trinajstić information content (AvgIpc) is 2.29. The number of piperazine rings is 1. The molecule has 1 amide bonds. The number of carbonyl (C=O) groups is 1. The van der Waals surface area contributed by atoms with Gasteiger partial charge in [-0.15, -0.1) is 0 Å². The smallest absolute Gasteiger partial charge is 0.239 e. The van der Waals surface area contributed by atoms with Gasteiger partial charge in [0.15, 0.2) is 0 Å². The van der Waals surface area contributed by atoms with Gasteiger partial charge >= 0.3 is 0 Å². The van der Waals surface area contributed by atoms with Crippen molar-refractivity contribution in [3.05, 3.63) is 23.8 Å². The topological polar surface area (TPSA) is 82.2 Å². The first kappa shape index (κ1) is 10.3. The first-order valence-corrected chi connectivity index (χ1v) is 5.02. The fourth-order valence-electron chi connectivity index (χ4n) is 1.71. The van der Waals surface area contributed by atoms with E-state index in [0.29, 0.717) is 24.3 Å². The molecular weight excluding hydrogens is 204 g/mol. The molecule has 0 spiro atoms. The minimum atomic E-state index is 0.00850. The van der Waals surface area contributed by atoms with Crippen molar-refractivity contribution < 1.29 is 4.79 Å². The maximum atomic E-state index is 11.2. The summed E-state index contributed by atoms with van der Waals surface area (Å²) in [5.41, 5.74) is 7.52. The van der Waals surface area contributed by atoms with Gasteiger partial charge in [-0.25, -0.2) is 0 Å². The van der Waals surface area contributed by atoms with Gasteiger partial charge in [0, 0.05) is 18.8 Å². The van der Waals surface area contributed by atoms with E-state index < -0.39 is 0 Å². The Morgan fingerprint density at radius 3 is 2.94 bits per heavy atom. The van der Waals surface area contributed by atoms with Crippen LogP contribution in [-0.4, -0.2) is 25.5 Å². The third kappa shape index (κ3) is 1.91. The Morgan fingerprint density at radius 1 is 1.50 bits per heavy atom. The van der Waals surface area contributed by atoms with Gasteiger partial charge in [0.2, 0.25) is 5.91 Å². The standard InChI is InChI=1S/C11H12N4O/c12-6-8-1-2-9(5-10(8)13)15-4-3-14-11(16)7-15/h1-2,5H,3-4,7,13H2,(H,14,16). The number of anilines is 2. The maximum Gasteiger partial charge on any atom is 0.239 e. The molecule has 1 aromatic rings. The molecule has 0 bridgehead atoms. The van der Waals surface area contributed by atoms with E-state index in [2.05, 4.69) is 5.32 Å². The highest BCUT2D eigenvalue weighted by atomic mass is 16.2. The number of rotatable bonds is 1. The van der Waals surface area contributed by atoms with Gasteiger partial charge < -0.3 is 16.0 Å². The highest BCUT2D eigenvalue weighted by molar-refractivity contribution is 5.83. The molecule has 0 saturated carbocycles. The molecule has 82 valence electrons. The highest BCUT2D eigenvalue weighted by Gasteiger charge is 2.16. The zero-order valence-corrected chi connectivity index (χ0v) is 8.73. The Labute approximate surface area is 93.5 Å². The van der Waals surface area contributed by atoms with Crippen LogP contribution in [0.5, 0.6) is 0 Å². The summed E-state index contributed by atoms with van der Waals surface area (Å²) in [5, 5.41) is 11.5. The van der Waals surface area contributed by atoms with Gasteiger partial charge in [-0.05, 0) is 18.2 Å². The van der Waals surface area contributed by atoms with Crippen molar-refractivity contribution in [2.75, 3.05) is 30.3 Å². The molecule has 1 heterocycles. The van der Waals surface area contributed by atoms with Crippen LogP contribution in [0.2, 0.25) is 0 Å². The van der Waals surface area contributed by atoms with Gasteiger partial charge in [-0.1, -0.05) is 0 Å². The molecule has 3 N–H and O–H groups in total. The van der Waals surface area contributed by atoms with E-state index in [1.54, 1.807) is 12.1 Å². The van der Waals surface area contributed by atoms with Crippen molar-refractivity contribution in [3.63, 3.8) is 0 Å². The summed E-state index contributed by atoms with van der Waals surface area (Å²) < 4.78 is 0. The van der Waals surface area contributed by atoms with Gasteiger partial charge in [-0.2, -0.15) is 5.26 Å². The zero-order chi connectivity index (χ0) is 11.5. The van der Waals surface area contributed by atoms with Crippen molar-refractivity contribution in [3.8, 4) is 6.07 Å². The lowest BCUT2D eigenvalue weighted by molar-refractivity contribution is -0.120. The number of amides is 1. The first-order valence-electron chi connectivity index (χ1n) is 5.02. The van der Waals surface area contributed by atoms with Gasteiger partial charge in [-0.3, -0.25) is 4.79 Å². The predicted octanol–water partition coefficient (Wildman–Crippen LogP) is 0.0767. The Kier molecular flexibility index (Phi) is 2.64. The van der Waals surface area contributed by atoms with Crippen molar-refractivity contribution >= 4 is 17.3 Å². The van der Waals surface area contributed by atoms with Crippen LogP contribution in [0.3, 0.4) is 0 Å². The summed E-state index contributed by atoms with van der Waals surface area (Å²) >= 11 is 0. The number of nitrogens with zero attached hydrogens (tertiary/aromatic N) is 2. The summed E-state index contributed by atoms with van der Waals surface area (Å²) in [6.45, 7) is 1.74. The Bertz CT molecular complexity index is 464. The Morgan fingerprint density at radius 2 is 2.31 bits per heavy atom. The number of carbonyl (C=O) groups excluding carboxylic acids is 1. The molecule has 0 aliphatic carbocycles. The molecule has 1 aromatic carbocycles. The van der Waals surface area contributed by atoms with E-state index in [-0.39, 0.29) is 5.91 Å². The zero-order valence-electron chi connectivity index (χ0n) is 8.73. The van der Waals surface area contributed by atoms with Crippen molar-refractivity contribution in [1.82, 2.24) is 5.32 Å². The molecule has 0 unspecified atom stereocenters. The van der Waals surface area contributed by atoms with Gasteiger partial charge in [0.25, 0.3) is 0 Å². The summed E-state index contributed by atoms with van der Waals surface area (Å²) in [5.74, 6) is 0.00850. The SMILES string of the molecule is N#Cc1ccc(N2CCNC(=O)C2)cc1N. The molecule has 2 rings (SSSR count). The molecule has 0 atom stereocenters. The van der Waals surface area contributed by atoms with E-state index in [4.69, 9.17) is 11.0 Å². The fraction of sp³-hybridized carbons (Fsp3) is 0.273. The molecule has 1 saturated heterocycles. The lowest BCUT2D eigenvalue weighted by Crippen LogP contribution is -2.47. The lowest BCUT2D eigenvalue weighted by Gasteiger charge is -2.28. The summed E-state index contributed by atoms with van der Waals surface area (Å²) in [6.07, 6.45) is 0. The monoisotopic (exact) mass is 216 g/mol. The molecule has 0 radical (unpaired) electrons. The minimum Gasteiger partial charge on any atom is -0.398 e. The molecule has 1 fully saturated rings. The van der Waals surface area contributed by atoms with E-state index in [0.717, 1.165) is 12.2 Å². The first-order chi connectivity index (χ1) is 7.70. The number of nitrogen functional groups attached to an aromatic ring is 1. The van der Waals surface area contributed by atoms with Crippen LogP contribution in [0, 0.1) is 11.3 Å². The van der Waals surface area contributed by atoms with E-state index in [1.807, 2.05) is 17.0 Å². The van der Waals surface area contributed by atoms with E-state index in [9.17, 15) is 4.79 Å². The predicted molar refractivity (Wildman–Crippen MR) is 60.8 cm³/mol. The molecule has 1 aliphatic heterocycles. The Balaban J connectivity index is 2.24. The largest absolute Gasteiger partial charge is 0.398 e. The summed E-state index contributed by atoms with van der Waals surface area (Å²) in [6, 6.07) is 7.24. The molecule has 1 aliphatic rings. The van der Waals surface area contributed by atoms with Crippen LogP contribution >= 0.6 is 0 Å². The van der Waals surface area contributed by atoms with E-state index >= 15 is 0 Å². The van der Waals surface area contributed by atoms with Crippen LogP contribution in [0.1, 0.15) is 5.56 Å². The minimum absolute atomic E-state index is 0.00850. The number of nitriles is 1. The van der Waals surface area contributed by atoms with Gasteiger partial charge in [0.05, 0.1) is 17.8 Å². The number of nitrogens with two attached hydrogens (primary N) is 1.